The minimum Gasteiger partial charge on any atom is -0.467 e. The molecule has 1 saturated heterocycles. The van der Waals surface area contributed by atoms with Crippen LogP contribution in [0.25, 0.3) is 0 Å². The lowest BCUT2D eigenvalue weighted by Crippen LogP contribution is -2.42. The third kappa shape index (κ3) is 2.39. The van der Waals surface area contributed by atoms with Crippen LogP contribution in [0.3, 0.4) is 0 Å². The van der Waals surface area contributed by atoms with Gasteiger partial charge in [-0.15, -0.1) is 5.10 Å². The number of likely N-dealkylation sites (tertiary alicyclic amines) is 1. The van der Waals surface area contributed by atoms with E-state index in [9.17, 15) is 9.59 Å². The number of nitrogens with one attached hydrogen (secondary N) is 1. The van der Waals surface area contributed by atoms with Crippen LogP contribution in [-0.4, -0.2) is 54.9 Å². The van der Waals surface area contributed by atoms with E-state index in [-0.39, 0.29) is 23.6 Å². The van der Waals surface area contributed by atoms with Crippen molar-refractivity contribution in [2.75, 3.05) is 19.0 Å². The van der Waals surface area contributed by atoms with E-state index in [1.165, 1.54) is 11.8 Å². The smallest absolute Gasteiger partial charge is 0.314 e. The summed E-state index contributed by atoms with van der Waals surface area (Å²) in [5, 5.41) is 11.5. The van der Waals surface area contributed by atoms with Crippen LogP contribution in [-0.2, 0) is 24.3 Å². The summed E-state index contributed by atoms with van der Waals surface area (Å²) in [6.45, 7) is 0.390. The molecule has 0 saturated carbocycles. The number of fused-ring (bicyclic) bond motifs is 2. The van der Waals surface area contributed by atoms with E-state index < -0.39 is 11.5 Å². The van der Waals surface area contributed by atoms with Crippen molar-refractivity contribution in [3.8, 4) is 6.01 Å². The zero-order valence-corrected chi connectivity index (χ0v) is 16.9. The number of benzene rings is 1. The van der Waals surface area contributed by atoms with Crippen LogP contribution in [0.5, 0.6) is 6.01 Å². The summed E-state index contributed by atoms with van der Waals surface area (Å²) in [7, 11) is 4.94. The summed E-state index contributed by atoms with van der Waals surface area (Å²) in [6.07, 6.45) is 4.04. The third-order valence-corrected chi connectivity index (χ3v) is 5.98. The zero-order chi connectivity index (χ0) is 21.0. The van der Waals surface area contributed by atoms with Crippen molar-refractivity contribution in [2.24, 2.45) is 14.1 Å². The van der Waals surface area contributed by atoms with Gasteiger partial charge in [-0.25, -0.2) is 4.68 Å². The van der Waals surface area contributed by atoms with Crippen molar-refractivity contribution < 1.29 is 14.3 Å². The second-order valence-electron chi connectivity index (χ2n) is 7.62. The Morgan fingerprint density at radius 1 is 1.30 bits per heavy atom. The summed E-state index contributed by atoms with van der Waals surface area (Å²) in [5.41, 5.74) is 1.57. The lowest BCUT2D eigenvalue weighted by atomic mass is 9.73. The fourth-order valence-corrected chi connectivity index (χ4v) is 4.72. The van der Waals surface area contributed by atoms with Crippen molar-refractivity contribution in [1.82, 2.24) is 29.4 Å². The fraction of sp³-hybridized carbons (Fsp3) is 0.350. The molecule has 154 valence electrons. The number of amides is 2. The first-order valence-electron chi connectivity index (χ1n) is 9.61. The number of carbonyl (C=O) groups is 2. The number of hydrogen-bond acceptors (Lipinski definition) is 6. The Kier molecular flexibility index (Phi) is 3.92. The van der Waals surface area contributed by atoms with Gasteiger partial charge in [-0.1, -0.05) is 18.2 Å². The molecular formula is C20H21N7O3. The van der Waals surface area contributed by atoms with Gasteiger partial charge in [-0.3, -0.25) is 14.3 Å². The van der Waals surface area contributed by atoms with Gasteiger partial charge in [0.25, 0.3) is 5.91 Å². The molecule has 4 heterocycles. The number of carbonyl (C=O) groups excluding carboxylic acids is 2. The molecular weight excluding hydrogens is 386 g/mol. The van der Waals surface area contributed by atoms with Gasteiger partial charge in [0, 0.05) is 38.1 Å². The summed E-state index contributed by atoms with van der Waals surface area (Å²) in [6, 6.07) is 7.35. The molecule has 1 aromatic carbocycles. The van der Waals surface area contributed by atoms with Crippen molar-refractivity contribution in [2.45, 2.75) is 17.9 Å². The number of methoxy groups -OCH3 is 1. The molecule has 1 fully saturated rings. The van der Waals surface area contributed by atoms with E-state index in [0.717, 1.165) is 16.8 Å². The van der Waals surface area contributed by atoms with E-state index >= 15 is 0 Å². The molecule has 2 aliphatic heterocycles. The molecule has 0 unspecified atom stereocenters. The average Bonchev–Trinajstić information content (AvgIpc) is 3.48. The Morgan fingerprint density at radius 3 is 2.80 bits per heavy atom. The second-order valence-corrected chi connectivity index (χ2v) is 7.62. The minimum atomic E-state index is -0.895. The maximum atomic E-state index is 13.5. The van der Waals surface area contributed by atoms with Gasteiger partial charge in [0.2, 0.25) is 11.7 Å². The molecule has 2 atom stereocenters. The molecule has 1 N–H and O–H groups in total. The van der Waals surface area contributed by atoms with Crippen LogP contribution in [0, 0.1) is 0 Å². The lowest BCUT2D eigenvalue weighted by molar-refractivity contribution is -0.121. The van der Waals surface area contributed by atoms with Gasteiger partial charge in [-0.05, 0) is 18.1 Å². The molecule has 0 aliphatic carbocycles. The highest BCUT2D eigenvalue weighted by atomic mass is 16.5. The molecule has 0 radical (unpaired) electrons. The van der Waals surface area contributed by atoms with Crippen molar-refractivity contribution in [3.63, 3.8) is 0 Å². The number of hydrogen-bond donors (Lipinski definition) is 1. The molecule has 10 heteroatoms. The number of rotatable bonds is 3. The normalized spacial score (nSPS) is 22.4. The van der Waals surface area contributed by atoms with Crippen LogP contribution in [0.2, 0.25) is 0 Å². The number of nitrogens with zero attached hydrogens (tertiary/aromatic N) is 6. The highest BCUT2D eigenvalue weighted by molar-refractivity contribution is 6.08. The second kappa shape index (κ2) is 6.41. The summed E-state index contributed by atoms with van der Waals surface area (Å²) in [5.74, 6) is -0.428. The van der Waals surface area contributed by atoms with Gasteiger partial charge in [-0.2, -0.15) is 10.1 Å². The Bertz CT molecular complexity index is 1170. The third-order valence-electron chi connectivity index (χ3n) is 5.98. The summed E-state index contributed by atoms with van der Waals surface area (Å²) in [4.78, 5) is 32.6. The topological polar surface area (TPSA) is 107 Å². The Morgan fingerprint density at radius 2 is 2.10 bits per heavy atom. The molecule has 10 nitrogen and oxygen atoms in total. The largest absolute Gasteiger partial charge is 0.467 e. The highest BCUT2D eigenvalue weighted by Gasteiger charge is 2.60. The van der Waals surface area contributed by atoms with Crippen LogP contribution < -0.4 is 10.1 Å². The fourth-order valence-electron chi connectivity index (χ4n) is 4.72. The first-order valence-corrected chi connectivity index (χ1v) is 9.61. The van der Waals surface area contributed by atoms with Crippen molar-refractivity contribution in [1.29, 1.82) is 0 Å². The number of aryl methyl sites for hydroxylation is 2. The molecule has 2 amide bonds. The number of para-hydroxylation sites is 1. The summed E-state index contributed by atoms with van der Waals surface area (Å²) < 4.78 is 8.24. The van der Waals surface area contributed by atoms with E-state index in [1.54, 1.807) is 22.8 Å². The number of aromatic nitrogens is 5. The maximum absolute atomic E-state index is 13.5. The van der Waals surface area contributed by atoms with Gasteiger partial charge in [0.15, 0.2) is 0 Å². The lowest BCUT2D eigenvalue weighted by Gasteiger charge is -2.32. The molecule has 30 heavy (non-hydrogen) atoms. The van der Waals surface area contributed by atoms with Crippen LogP contribution in [0.15, 0.2) is 36.7 Å². The Labute approximate surface area is 172 Å². The van der Waals surface area contributed by atoms with E-state index in [4.69, 9.17) is 4.74 Å². The highest BCUT2D eigenvalue weighted by Crippen LogP contribution is 2.54. The zero-order valence-electron chi connectivity index (χ0n) is 16.9. The molecule has 1 spiro atoms. The molecule has 2 aromatic heterocycles. The number of anilines is 1. The van der Waals surface area contributed by atoms with E-state index in [2.05, 4.69) is 20.5 Å². The van der Waals surface area contributed by atoms with Crippen molar-refractivity contribution >= 4 is 17.5 Å². The molecule has 2 aliphatic rings. The van der Waals surface area contributed by atoms with Gasteiger partial charge >= 0.3 is 6.01 Å². The first kappa shape index (κ1) is 18.3. The van der Waals surface area contributed by atoms with Crippen molar-refractivity contribution in [3.05, 3.63) is 53.6 Å². The minimum absolute atomic E-state index is 0.0342. The van der Waals surface area contributed by atoms with Gasteiger partial charge in [0.1, 0.15) is 5.41 Å². The van der Waals surface area contributed by atoms with Crippen LogP contribution in [0.4, 0.5) is 5.69 Å². The first-order chi connectivity index (χ1) is 14.5. The molecule has 0 bridgehead atoms. The Balaban J connectivity index is 1.64. The SMILES string of the molecule is COc1nc(C(=O)N2CC[C@]3(C(=O)Nc4ccccc43)[C@@H]2c2cnn(C)c2)nn1C. The average molecular weight is 407 g/mol. The standard InChI is InChI=1S/C20H21N7O3/c1-25-11-12(10-21-25)15-20(13-6-4-5-7-14(13)22-18(20)29)8-9-27(15)17(28)16-23-19(30-3)26(2)24-16/h4-7,10-11,15H,8-9H2,1-3H3,(H,22,29)/t15-,20+/m0/s1. The predicted octanol–water partition coefficient (Wildman–Crippen LogP) is 1.03. The quantitative estimate of drug-likeness (QED) is 0.695. The molecule has 3 aromatic rings. The van der Waals surface area contributed by atoms with Gasteiger partial charge < -0.3 is 15.0 Å². The molecule has 5 rings (SSSR count). The van der Waals surface area contributed by atoms with E-state index in [1.807, 2.05) is 37.5 Å². The number of ether oxygens (including phenoxy) is 1. The predicted molar refractivity (Wildman–Crippen MR) is 106 cm³/mol. The Hall–Kier alpha value is -3.69. The van der Waals surface area contributed by atoms with Crippen LogP contribution in [0.1, 0.15) is 34.2 Å². The summed E-state index contributed by atoms with van der Waals surface area (Å²) >= 11 is 0. The van der Waals surface area contributed by atoms with Crippen LogP contribution >= 0.6 is 0 Å². The van der Waals surface area contributed by atoms with E-state index in [0.29, 0.717) is 13.0 Å². The van der Waals surface area contributed by atoms with Gasteiger partial charge in [0.05, 0.1) is 19.3 Å². The monoisotopic (exact) mass is 407 g/mol. The maximum Gasteiger partial charge on any atom is 0.314 e.